The molecule has 2 aromatic carbocycles. The van der Waals surface area contributed by atoms with Gasteiger partial charge in [-0.2, -0.15) is 0 Å². The molecule has 1 aliphatic carbocycles. The number of amides is 1. The van der Waals surface area contributed by atoms with Crippen LogP contribution in [0.5, 0.6) is 0 Å². The summed E-state index contributed by atoms with van der Waals surface area (Å²) in [5.41, 5.74) is 2.64. The van der Waals surface area contributed by atoms with Crippen LogP contribution in [0.2, 0.25) is 0 Å². The Kier molecular flexibility index (Phi) is 4.27. The molecule has 7 nitrogen and oxygen atoms in total. The van der Waals surface area contributed by atoms with Crippen LogP contribution >= 0.6 is 0 Å². The van der Waals surface area contributed by atoms with E-state index >= 15 is 0 Å². The Balaban J connectivity index is 1.76. The van der Waals surface area contributed by atoms with Crippen LogP contribution in [0.4, 0.5) is 17.1 Å². The van der Waals surface area contributed by atoms with Gasteiger partial charge in [0.1, 0.15) is 0 Å². The molecule has 154 valence electrons. The highest BCUT2D eigenvalue weighted by atomic mass is 16.5. The van der Waals surface area contributed by atoms with Gasteiger partial charge in [-0.3, -0.25) is 9.69 Å². The number of carbonyl (C=O) groups is 2. The van der Waals surface area contributed by atoms with Crippen LogP contribution in [0.25, 0.3) is 0 Å². The number of hydrazone groups is 1. The number of para-hydroxylation sites is 2. The molecule has 1 fully saturated rings. The number of ether oxygens (including phenoxy) is 1. The van der Waals surface area contributed by atoms with Crippen molar-refractivity contribution in [1.82, 2.24) is 0 Å². The highest BCUT2D eigenvalue weighted by Crippen LogP contribution is 2.53. The molecule has 30 heavy (non-hydrogen) atoms. The summed E-state index contributed by atoms with van der Waals surface area (Å²) >= 11 is 0. The summed E-state index contributed by atoms with van der Waals surface area (Å²) in [5.74, 6) is -0.656. The summed E-state index contributed by atoms with van der Waals surface area (Å²) < 4.78 is 5.36. The number of esters is 1. The minimum atomic E-state index is -0.784. The number of amidine groups is 1. The van der Waals surface area contributed by atoms with Crippen molar-refractivity contribution < 1.29 is 14.3 Å². The Morgan fingerprint density at radius 1 is 1.23 bits per heavy atom. The molecule has 2 atom stereocenters. The number of fused-ring (bicyclic) bond motifs is 2. The van der Waals surface area contributed by atoms with Crippen LogP contribution in [0.15, 0.2) is 53.6 Å². The normalized spacial score (nSPS) is 24.4. The van der Waals surface area contributed by atoms with E-state index in [1.807, 2.05) is 65.4 Å². The SMILES string of the molecule is CCOC(=O)C1=NN(c2ccc(C)cc2)[C@@]23CCC[C@@H]2C(=O)Nc2ccccc2N13. The number of benzene rings is 2. The average Bonchev–Trinajstić information content (AvgIpc) is 3.30. The second-order valence-corrected chi connectivity index (χ2v) is 7.96. The zero-order valence-electron chi connectivity index (χ0n) is 17.1. The number of nitrogens with zero attached hydrogens (tertiary/aromatic N) is 3. The van der Waals surface area contributed by atoms with Gasteiger partial charge in [0.05, 0.1) is 29.6 Å². The van der Waals surface area contributed by atoms with Crippen LogP contribution in [-0.2, 0) is 14.3 Å². The van der Waals surface area contributed by atoms with E-state index in [2.05, 4.69) is 5.32 Å². The van der Waals surface area contributed by atoms with Crippen molar-refractivity contribution >= 4 is 34.8 Å². The molecule has 0 saturated heterocycles. The fourth-order valence-corrected chi connectivity index (χ4v) is 4.95. The van der Waals surface area contributed by atoms with Gasteiger partial charge in [0, 0.05) is 0 Å². The molecule has 2 aromatic rings. The van der Waals surface area contributed by atoms with Crippen LogP contribution in [0, 0.1) is 12.8 Å². The minimum Gasteiger partial charge on any atom is -0.460 e. The molecule has 5 rings (SSSR count). The first kappa shape index (κ1) is 18.7. The van der Waals surface area contributed by atoms with Crippen molar-refractivity contribution in [3.8, 4) is 0 Å². The second kappa shape index (κ2) is 6.86. The Bertz CT molecular complexity index is 1050. The van der Waals surface area contributed by atoms with Crippen molar-refractivity contribution in [2.75, 3.05) is 21.8 Å². The van der Waals surface area contributed by atoms with Gasteiger partial charge in [0.15, 0.2) is 5.66 Å². The smallest absolute Gasteiger partial charge is 0.376 e. The van der Waals surface area contributed by atoms with E-state index in [0.717, 1.165) is 29.8 Å². The first-order chi connectivity index (χ1) is 14.6. The number of rotatable bonds is 3. The highest BCUT2D eigenvalue weighted by Gasteiger charge is 2.62. The lowest BCUT2D eigenvalue weighted by atomic mass is 9.92. The van der Waals surface area contributed by atoms with Gasteiger partial charge in [-0.25, -0.2) is 9.80 Å². The third-order valence-corrected chi connectivity index (χ3v) is 6.21. The van der Waals surface area contributed by atoms with Crippen molar-refractivity contribution in [2.24, 2.45) is 11.0 Å². The standard InChI is InChI=1S/C23H24N4O3/c1-3-30-22(29)20-25-27(16-12-10-15(2)11-13-16)23-14-6-7-17(23)21(28)24-18-8-4-5-9-19(18)26(20)23/h4-5,8-13,17H,3,6-7,14H2,1-2H3,(H,24,28)/t17-,23+/m1/s1. The van der Waals surface area contributed by atoms with E-state index in [9.17, 15) is 9.59 Å². The van der Waals surface area contributed by atoms with Crippen LogP contribution in [0.1, 0.15) is 31.7 Å². The molecule has 0 bridgehead atoms. The summed E-state index contributed by atoms with van der Waals surface area (Å²) in [6.45, 7) is 4.06. The molecule has 1 amide bonds. The minimum absolute atomic E-state index is 0.0418. The molecule has 2 aliphatic heterocycles. The Labute approximate surface area is 175 Å². The van der Waals surface area contributed by atoms with E-state index in [-0.39, 0.29) is 24.3 Å². The molecule has 1 N–H and O–H groups in total. The molecule has 3 aliphatic rings. The zero-order chi connectivity index (χ0) is 20.9. The predicted octanol–water partition coefficient (Wildman–Crippen LogP) is 3.65. The number of hydrogen-bond donors (Lipinski definition) is 1. The first-order valence-electron chi connectivity index (χ1n) is 10.4. The molecular weight excluding hydrogens is 380 g/mol. The monoisotopic (exact) mass is 404 g/mol. The van der Waals surface area contributed by atoms with Gasteiger partial charge in [-0.15, -0.1) is 5.10 Å². The summed E-state index contributed by atoms with van der Waals surface area (Å²) in [6, 6.07) is 15.6. The van der Waals surface area contributed by atoms with Crippen LogP contribution in [0.3, 0.4) is 0 Å². The molecule has 2 heterocycles. The van der Waals surface area contributed by atoms with Crippen molar-refractivity contribution in [3.63, 3.8) is 0 Å². The van der Waals surface area contributed by atoms with Gasteiger partial charge in [0.25, 0.3) is 0 Å². The maximum Gasteiger partial charge on any atom is 0.376 e. The van der Waals surface area contributed by atoms with E-state index in [0.29, 0.717) is 12.1 Å². The maximum atomic E-state index is 13.3. The van der Waals surface area contributed by atoms with Crippen molar-refractivity contribution in [1.29, 1.82) is 0 Å². The largest absolute Gasteiger partial charge is 0.460 e. The van der Waals surface area contributed by atoms with Crippen LogP contribution in [-0.4, -0.2) is 30.0 Å². The predicted molar refractivity (Wildman–Crippen MR) is 115 cm³/mol. The van der Waals surface area contributed by atoms with Gasteiger partial charge in [-0.05, 0) is 57.4 Å². The Morgan fingerprint density at radius 2 is 2.00 bits per heavy atom. The van der Waals surface area contributed by atoms with Gasteiger partial charge in [0.2, 0.25) is 11.7 Å². The molecule has 0 unspecified atom stereocenters. The lowest BCUT2D eigenvalue weighted by Gasteiger charge is -2.43. The third kappa shape index (κ3) is 2.54. The van der Waals surface area contributed by atoms with Crippen molar-refractivity contribution in [3.05, 3.63) is 54.1 Å². The van der Waals surface area contributed by atoms with Gasteiger partial charge in [-0.1, -0.05) is 29.8 Å². The van der Waals surface area contributed by atoms with Gasteiger partial charge >= 0.3 is 5.97 Å². The number of anilines is 3. The zero-order valence-corrected chi connectivity index (χ0v) is 17.1. The molecule has 0 aromatic heterocycles. The number of nitrogens with one attached hydrogen (secondary N) is 1. The highest BCUT2D eigenvalue weighted by molar-refractivity contribution is 6.43. The van der Waals surface area contributed by atoms with E-state index in [1.54, 1.807) is 6.92 Å². The number of aryl methyl sites for hydroxylation is 1. The van der Waals surface area contributed by atoms with Crippen molar-refractivity contribution in [2.45, 2.75) is 38.8 Å². The van der Waals surface area contributed by atoms with Crippen LogP contribution < -0.4 is 15.2 Å². The molecule has 1 saturated carbocycles. The summed E-state index contributed by atoms with van der Waals surface area (Å²) in [5, 5.41) is 9.73. The van der Waals surface area contributed by atoms with E-state index < -0.39 is 11.6 Å². The lowest BCUT2D eigenvalue weighted by Crippen LogP contribution is -2.61. The lowest BCUT2D eigenvalue weighted by molar-refractivity contribution is -0.135. The van der Waals surface area contributed by atoms with E-state index in [1.165, 1.54) is 0 Å². The average molecular weight is 404 g/mol. The fourth-order valence-electron chi connectivity index (χ4n) is 4.95. The Hall–Kier alpha value is -3.35. The second-order valence-electron chi connectivity index (χ2n) is 7.96. The molecule has 7 heteroatoms. The first-order valence-corrected chi connectivity index (χ1v) is 10.4. The van der Waals surface area contributed by atoms with Gasteiger partial charge < -0.3 is 10.1 Å². The third-order valence-electron chi connectivity index (χ3n) is 6.21. The quantitative estimate of drug-likeness (QED) is 0.791. The maximum absolute atomic E-state index is 13.3. The summed E-state index contributed by atoms with van der Waals surface area (Å²) in [7, 11) is 0. The number of carbonyl (C=O) groups excluding carboxylic acids is 2. The molecule has 1 spiro atoms. The van der Waals surface area contributed by atoms with E-state index in [4.69, 9.17) is 9.84 Å². The number of hydrogen-bond acceptors (Lipinski definition) is 6. The summed E-state index contributed by atoms with van der Waals surface area (Å²) in [4.78, 5) is 28.2. The topological polar surface area (TPSA) is 74.2 Å². The molecule has 0 radical (unpaired) electrons. The molecular formula is C23H24N4O3. The summed E-state index contributed by atoms with van der Waals surface area (Å²) in [6.07, 6.45) is 2.30. The fraction of sp³-hybridized carbons (Fsp3) is 0.348. The Morgan fingerprint density at radius 3 is 2.77 bits per heavy atom.